The fourth-order valence-corrected chi connectivity index (χ4v) is 5.71. The molecular weight excluding hydrogens is 422 g/mol. The van der Waals surface area contributed by atoms with Crippen LogP contribution in [-0.4, -0.2) is 46.5 Å². The zero-order chi connectivity index (χ0) is 22.1. The molecule has 1 aliphatic heterocycles. The lowest BCUT2D eigenvalue weighted by Gasteiger charge is -2.37. The second-order valence-electron chi connectivity index (χ2n) is 8.43. The van der Waals surface area contributed by atoms with Gasteiger partial charge < -0.3 is 9.80 Å². The molecule has 3 aromatic heterocycles. The highest BCUT2D eigenvalue weighted by Gasteiger charge is 2.29. The van der Waals surface area contributed by atoms with Gasteiger partial charge in [0.15, 0.2) is 0 Å². The molecule has 0 bridgehead atoms. The molecule has 0 unspecified atom stereocenters. The van der Waals surface area contributed by atoms with E-state index in [1.54, 1.807) is 10.8 Å². The number of hydrogen-bond donors (Lipinski definition) is 0. The number of carbonyl (C=O) groups excluding carboxylic acids is 1. The van der Waals surface area contributed by atoms with Gasteiger partial charge in [-0.2, -0.15) is 5.26 Å². The van der Waals surface area contributed by atoms with Crippen molar-refractivity contribution in [3.63, 3.8) is 0 Å². The number of piperazine rings is 1. The molecule has 4 heterocycles. The number of aromatic nitrogens is 2. The summed E-state index contributed by atoms with van der Waals surface area (Å²) in [6.07, 6.45) is 6.98. The minimum absolute atomic E-state index is 0.0411. The summed E-state index contributed by atoms with van der Waals surface area (Å²) in [5, 5.41) is 12.7. The van der Waals surface area contributed by atoms with E-state index in [4.69, 9.17) is 0 Å². The average Bonchev–Trinajstić information content (AvgIpc) is 3.38. The Balaban J connectivity index is 1.52. The number of pyridine rings is 2. The van der Waals surface area contributed by atoms with Gasteiger partial charge in [-0.3, -0.25) is 14.2 Å². The predicted molar refractivity (Wildman–Crippen MR) is 125 cm³/mol. The van der Waals surface area contributed by atoms with Gasteiger partial charge in [-0.25, -0.2) is 4.98 Å². The molecule has 1 amide bonds. The topological polar surface area (TPSA) is 82.2 Å². The maximum atomic E-state index is 13.5. The van der Waals surface area contributed by atoms with E-state index >= 15 is 0 Å². The van der Waals surface area contributed by atoms with E-state index in [0.717, 1.165) is 35.9 Å². The third-order valence-electron chi connectivity index (χ3n) is 6.61. The lowest BCUT2D eigenvalue weighted by Crippen LogP contribution is -2.49. The van der Waals surface area contributed by atoms with Crippen molar-refractivity contribution in [1.29, 1.82) is 5.26 Å². The molecule has 0 atom stereocenters. The van der Waals surface area contributed by atoms with Crippen molar-refractivity contribution in [3.8, 4) is 6.07 Å². The third-order valence-corrected chi connectivity index (χ3v) is 7.46. The molecule has 8 heteroatoms. The van der Waals surface area contributed by atoms with Gasteiger partial charge in [0.2, 0.25) is 0 Å². The molecule has 0 spiro atoms. The number of anilines is 1. The Morgan fingerprint density at radius 3 is 2.56 bits per heavy atom. The van der Waals surface area contributed by atoms with Gasteiger partial charge in [0.25, 0.3) is 11.5 Å². The van der Waals surface area contributed by atoms with Crippen molar-refractivity contribution >= 4 is 34.0 Å². The lowest BCUT2D eigenvalue weighted by molar-refractivity contribution is 0.0751. The molecule has 2 fully saturated rings. The van der Waals surface area contributed by atoms with E-state index in [0.29, 0.717) is 37.5 Å². The summed E-state index contributed by atoms with van der Waals surface area (Å²) >= 11 is 1.45. The normalized spacial score (nSPS) is 17.5. The van der Waals surface area contributed by atoms with Gasteiger partial charge in [0.1, 0.15) is 17.3 Å². The fraction of sp³-hybridized carbons (Fsp3) is 0.417. The van der Waals surface area contributed by atoms with E-state index in [9.17, 15) is 14.9 Å². The largest absolute Gasteiger partial charge is 0.366 e. The van der Waals surface area contributed by atoms with Gasteiger partial charge in [0.05, 0.1) is 10.6 Å². The minimum Gasteiger partial charge on any atom is -0.366 e. The number of nitriles is 1. The molecule has 1 saturated carbocycles. The first-order chi connectivity index (χ1) is 15.7. The van der Waals surface area contributed by atoms with Crippen LogP contribution in [0.5, 0.6) is 0 Å². The number of thiophene rings is 1. The standard InChI is InChI=1S/C24H25N5O2S/c25-16-19-21(27-11-13-28(14-12-27)24(31)20-9-5-15-32-20)18-8-4-10-26-22(18)29(23(19)30)17-6-2-1-3-7-17/h4-5,8-10,15,17H,1-3,6-7,11-14H2. The molecular formula is C24H25N5O2S. The minimum atomic E-state index is -0.238. The molecule has 164 valence electrons. The fourth-order valence-electron chi connectivity index (χ4n) is 5.02. The van der Waals surface area contributed by atoms with Crippen LogP contribution in [0.4, 0.5) is 5.69 Å². The van der Waals surface area contributed by atoms with Crippen LogP contribution in [0.1, 0.15) is 53.4 Å². The summed E-state index contributed by atoms with van der Waals surface area (Å²) in [5.74, 6) is 0.0411. The van der Waals surface area contributed by atoms with E-state index in [-0.39, 0.29) is 23.1 Å². The molecule has 7 nitrogen and oxygen atoms in total. The Hall–Kier alpha value is -3.18. The zero-order valence-electron chi connectivity index (χ0n) is 17.9. The summed E-state index contributed by atoms with van der Waals surface area (Å²) in [7, 11) is 0. The summed E-state index contributed by atoms with van der Waals surface area (Å²) in [4.78, 5) is 35.5. The first kappa shape index (κ1) is 20.7. The van der Waals surface area contributed by atoms with Gasteiger partial charge in [-0.15, -0.1) is 11.3 Å². The first-order valence-electron chi connectivity index (χ1n) is 11.2. The maximum absolute atomic E-state index is 13.5. The smallest absolute Gasteiger partial charge is 0.272 e. The summed E-state index contributed by atoms with van der Waals surface area (Å²) in [6.45, 7) is 2.25. The van der Waals surface area contributed by atoms with Crippen LogP contribution >= 0.6 is 11.3 Å². The third kappa shape index (κ3) is 3.56. The quantitative estimate of drug-likeness (QED) is 0.610. The van der Waals surface area contributed by atoms with Crippen LogP contribution in [-0.2, 0) is 0 Å². The molecule has 32 heavy (non-hydrogen) atoms. The molecule has 1 aliphatic carbocycles. The Morgan fingerprint density at radius 1 is 1.09 bits per heavy atom. The number of hydrogen-bond acceptors (Lipinski definition) is 6. The lowest BCUT2D eigenvalue weighted by atomic mass is 9.94. The zero-order valence-corrected chi connectivity index (χ0v) is 18.7. The van der Waals surface area contributed by atoms with Crippen LogP contribution in [0.3, 0.4) is 0 Å². The molecule has 2 aliphatic rings. The number of nitrogens with zero attached hydrogens (tertiary/aromatic N) is 5. The van der Waals surface area contributed by atoms with Crippen molar-refractivity contribution in [2.75, 3.05) is 31.1 Å². The molecule has 0 aromatic carbocycles. The van der Waals surface area contributed by atoms with E-state index in [1.165, 1.54) is 17.8 Å². The first-order valence-corrected chi connectivity index (χ1v) is 12.1. The van der Waals surface area contributed by atoms with Crippen molar-refractivity contribution in [2.24, 2.45) is 0 Å². The number of amides is 1. The molecule has 1 saturated heterocycles. The van der Waals surface area contributed by atoms with Crippen LogP contribution in [0, 0.1) is 11.3 Å². The van der Waals surface area contributed by atoms with Crippen LogP contribution in [0.25, 0.3) is 11.0 Å². The van der Waals surface area contributed by atoms with Crippen LogP contribution in [0.15, 0.2) is 40.6 Å². The SMILES string of the molecule is N#Cc1c(N2CCN(C(=O)c3cccs3)CC2)c2cccnc2n(C2CCCCC2)c1=O. The summed E-state index contributed by atoms with van der Waals surface area (Å²) < 4.78 is 1.77. The Kier molecular flexibility index (Phi) is 5.66. The highest BCUT2D eigenvalue weighted by atomic mass is 32.1. The van der Waals surface area contributed by atoms with E-state index < -0.39 is 0 Å². The Bertz CT molecular complexity index is 1230. The molecule has 0 N–H and O–H groups in total. The monoisotopic (exact) mass is 447 g/mol. The van der Waals surface area contributed by atoms with Crippen LogP contribution < -0.4 is 10.5 Å². The molecule has 5 rings (SSSR count). The highest BCUT2D eigenvalue weighted by Crippen LogP contribution is 2.34. The summed E-state index contributed by atoms with van der Waals surface area (Å²) in [5.41, 5.74) is 1.28. The second-order valence-corrected chi connectivity index (χ2v) is 9.38. The Morgan fingerprint density at radius 2 is 1.88 bits per heavy atom. The molecule has 0 radical (unpaired) electrons. The maximum Gasteiger partial charge on any atom is 0.272 e. The van der Waals surface area contributed by atoms with Crippen molar-refractivity contribution in [2.45, 2.75) is 38.1 Å². The Labute approximate surface area is 190 Å². The van der Waals surface area contributed by atoms with Gasteiger partial charge in [0, 0.05) is 43.8 Å². The van der Waals surface area contributed by atoms with Crippen molar-refractivity contribution in [1.82, 2.24) is 14.5 Å². The van der Waals surface area contributed by atoms with Crippen molar-refractivity contribution < 1.29 is 4.79 Å². The molecule has 3 aromatic rings. The number of rotatable bonds is 3. The average molecular weight is 448 g/mol. The van der Waals surface area contributed by atoms with Gasteiger partial charge in [-0.05, 0) is 36.4 Å². The predicted octanol–water partition coefficient (Wildman–Crippen LogP) is 3.80. The summed E-state index contributed by atoms with van der Waals surface area (Å²) in [6, 6.07) is 9.85. The van der Waals surface area contributed by atoms with Crippen molar-refractivity contribution in [3.05, 3.63) is 56.6 Å². The van der Waals surface area contributed by atoms with Gasteiger partial charge in [-0.1, -0.05) is 25.3 Å². The number of carbonyl (C=O) groups is 1. The number of fused-ring (bicyclic) bond motifs is 1. The van der Waals surface area contributed by atoms with Crippen LogP contribution in [0.2, 0.25) is 0 Å². The highest BCUT2D eigenvalue weighted by molar-refractivity contribution is 7.12. The second kappa shape index (κ2) is 8.75. The van der Waals surface area contributed by atoms with E-state index in [2.05, 4.69) is 16.0 Å². The van der Waals surface area contributed by atoms with E-state index in [1.807, 2.05) is 34.5 Å². The van der Waals surface area contributed by atoms with Gasteiger partial charge >= 0.3 is 0 Å².